The Morgan fingerprint density at radius 3 is 2.57 bits per heavy atom. The van der Waals surface area contributed by atoms with Crippen LogP contribution in [0.5, 0.6) is 17.2 Å². The maximum Gasteiger partial charge on any atom is 0.271 e. The second kappa shape index (κ2) is 9.41. The standard InChI is InChI=1S/C30H26N2O4S/c1-34-21-9-6-7-18(15-21)16-26-29(33)32-28(20-12-14-24(35-2)25(17-20)36-3)23-13-11-19-8-4-5-10-22(19)27(23)31-30(32)37-26/h4-10,12,14-17,28H,11,13H2,1-3H3/b26-16-/t28-/m1/s1. The van der Waals surface area contributed by atoms with Crippen molar-refractivity contribution >= 4 is 23.1 Å². The summed E-state index contributed by atoms with van der Waals surface area (Å²) < 4.78 is 18.9. The molecule has 0 amide bonds. The van der Waals surface area contributed by atoms with Gasteiger partial charge in [-0.1, -0.05) is 53.8 Å². The molecule has 0 saturated carbocycles. The van der Waals surface area contributed by atoms with Gasteiger partial charge in [0, 0.05) is 5.56 Å². The van der Waals surface area contributed by atoms with E-state index in [2.05, 4.69) is 18.2 Å². The number of ether oxygens (including phenoxy) is 3. The van der Waals surface area contributed by atoms with E-state index in [-0.39, 0.29) is 11.6 Å². The number of aryl methyl sites for hydroxylation is 1. The van der Waals surface area contributed by atoms with Gasteiger partial charge in [-0.15, -0.1) is 0 Å². The van der Waals surface area contributed by atoms with Crippen molar-refractivity contribution < 1.29 is 14.2 Å². The van der Waals surface area contributed by atoms with Crippen LogP contribution in [0.4, 0.5) is 0 Å². The van der Waals surface area contributed by atoms with E-state index < -0.39 is 0 Å². The van der Waals surface area contributed by atoms with Crippen molar-refractivity contribution in [3.63, 3.8) is 0 Å². The first-order valence-corrected chi connectivity index (χ1v) is 12.9. The lowest BCUT2D eigenvalue weighted by Gasteiger charge is -2.31. The van der Waals surface area contributed by atoms with Gasteiger partial charge in [0.25, 0.3) is 5.56 Å². The molecule has 1 aliphatic heterocycles. The van der Waals surface area contributed by atoms with E-state index in [1.807, 2.05) is 59.2 Å². The summed E-state index contributed by atoms with van der Waals surface area (Å²) in [5.41, 5.74) is 6.35. The molecule has 2 aliphatic rings. The van der Waals surface area contributed by atoms with Crippen LogP contribution in [-0.4, -0.2) is 25.9 Å². The predicted octanol–water partition coefficient (Wildman–Crippen LogP) is 4.34. The smallest absolute Gasteiger partial charge is 0.271 e. The average Bonchev–Trinajstić information content (AvgIpc) is 3.25. The summed E-state index contributed by atoms with van der Waals surface area (Å²) in [6.45, 7) is 0. The molecule has 37 heavy (non-hydrogen) atoms. The van der Waals surface area contributed by atoms with E-state index in [9.17, 15) is 4.79 Å². The molecular formula is C30H26N2O4S. The van der Waals surface area contributed by atoms with Crippen molar-refractivity contribution in [3.8, 4) is 17.2 Å². The first kappa shape index (κ1) is 23.3. The maximum absolute atomic E-state index is 13.9. The number of methoxy groups -OCH3 is 3. The Hall–Kier alpha value is -4.10. The third kappa shape index (κ3) is 3.96. The van der Waals surface area contributed by atoms with E-state index in [1.165, 1.54) is 16.9 Å². The van der Waals surface area contributed by atoms with Gasteiger partial charge in [-0.3, -0.25) is 9.36 Å². The van der Waals surface area contributed by atoms with Crippen molar-refractivity contribution in [2.45, 2.75) is 18.9 Å². The maximum atomic E-state index is 13.9. The highest BCUT2D eigenvalue weighted by molar-refractivity contribution is 7.07. The minimum absolute atomic E-state index is 0.0586. The first-order chi connectivity index (χ1) is 18.1. The number of benzene rings is 3. The molecule has 0 fully saturated rings. The topological polar surface area (TPSA) is 62.0 Å². The minimum atomic E-state index is -0.285. The number of nitrogens with zero attached hydrogens (tertiary/aromatic N) is 2. The lowest BCUT2D eigenvalue weighted by Crippen LogP contribution is -2.38. The second-order valence-electron chi connectivity index (χ2n) is 9.00. The van der Waals surface area contributed by atoms with Gasteiger partial charge in [-0.2, -0.15) is 0 Å². The van der Waals surface area contributed by atoms with Crippen LogP contribution in [0.3, 0.4) is 0 Å². The van der Waals surface area contributed by atoms with Crippen LogP contribution in [0.2, 0.25) is 0 Å². The number of aromatic nitrogens is 1. The summed E-state index contributed by atoms with van der Waals surface area (Å²) in [4.78, 5) is 19.7. The average molecular weight is 511 g/mol. The molecular weight excluding hydrogens is 484 g/mol. The zero-order valence-corrected chi connectivity index (χ0v) is 21.7. The van der Waals surface area contributed by atoms with Crippen molar-refractivity contribution in [1.82, 2.24) is 4.57 Å². The summed E-state index contributed by atoms with van der Waals surface area (Å²) in [5, 5.41) is 0. The highest BCUT2D eigenvalue weighted by atomic mass is 32.1. The number of hydrogen-bond donors (Lipinski definition) is 0. The fourth-order valence-electron chi connectivity index (χ4n) is 5.23. The molecule has 0 saturated heterocycles. The third-order valence-electron chi connectivity index (χ3n) is 6.99. The summed E-state index contributed by atoms with van der Waals surface area (Å²) in [6.07, 6.45) is 3.64. The molecule has 6 nitrogen and oxygen atoms in total. The Kier molecular flexibility index (Phi) is 5.93. The summed E-state index contributed by atoms with van der Waals surface area (Å²) in [6, 6.07) is 21.7. The fourth-order valence-corrected chi connectivity index (χ4v) is 6.23. The number of thiazole rings is 1. The molecule has 1 atom stereocenters. The molecule has 0 bridgehead atoms. The molecule has 0 N–H and O–H groups in total. The van der Waals surface area contributed by atoms with Gasteiger partial charge in [-0.25, -0.2) is 4.99 Å². The number of fused-ring (bicyclic) bond motifs is 3. The molecule has 7 heteroatoms. The van der Waals surface area contributed by atoms with Gasteiger partial charge in [0.05, 0.1) is 37.6 Å². The first-order valence-electron chi connectivity index (χ1n) is 12.1. The van der Waals surface area contributed by atoms with Crippen molar-refractivity contribution in [3.05, 3.63) is 114 Å². The van der Waals surface area contributed by atoms with Crippen LogP contribution in [0.25, 0.3) is 11.8 Å². The summed E-state index contributed by atoms with van der Waals surface area (Å²) >= 11 is 1.41. The van der Waals surface area contributed by atoms with Crippen LogP contribution in [0, 0.1) is 0 Å². The molecule has 0 unspecified atom stereocenters. The monoisotopic (exact) mass is 510 g/mol. The van der Waals surface area contributed by atoms with Gasteiger partial charge in [-0.05, 0) is 65.4 Å². The van der Waals surface area contributed by atoms with Crippen LogP contribution < -0.4 is 29.1 Å². The highest BCUT2D eigenvalue weighted by Gasteiger charge is 2.33. The van der Waals surface area contributed by atoms with E-state index in [0.29, 0.717) is 20.8 Å². The molecule has 1 aliphatic carbocycles. The number of rotatable bonds is 5. The van der Waals surface area contributed by atoms with Crippen LogP contribution in [0.1, 0.15) is 34.7 Å². The van der Waals surface area contributed by atoms with Crippen LogP contribution in [-0.2, 0) is 6.42 Å². The van der Waals surface area contributed by atoms with Crippen molar-refractivity contribution in [1.29, 1.82) is 0 Å². The summed E-state index contributed by atoms with van der Waals surface area (Å²) in [5.74, 6) is 2.03. The van der Waals surface area contributed by atoms with E-state index in [1.54, 1.807) is 21.3 Å². The second-order valence-corrected chi connectivity index (χ2v) is 10.0. The fraction of sp³-hybridized carbons (Fsp3) is 0.200. The van der Waals surface area contributed by atoms with Crippen molar-refractivity contribution in [2.75, 3.05) is 21.3 Å². The van der Waals surface area contributed by atoms with E-state index in [0.717, 1.165) is 46.6 Å². The Balaban J connectivity index is 1.61. The van der Waals surface area contributed by atoms with Gasteiger partial charge in [0.15, 0.2) is 16.3 Å². The van der Waals surface area contributed by atoms with Gasteiger partial charge in [0.2, 0.25) is 0 Å². The zero-order valence-electron chi connectivity index (χ0n) is 20.9. The Morgan fingerprint density at radius 2 is 1.76 bits per heavy atom. The minimum Gasteiger partial charge on any atom is -0.497 e. The summed E-state index contributed by atoms with van der Waals surface area (Å²) in [7, 11) is 4.89. The highest BCUT2D eigenvalue weighted by Crippen LogP contribution is 2.42. The molecule has 0 radical (unpaired) electrons. The van der Waals surface area contributed by atoms with Crippen LogP contribution >= 0.6 is 11.3 Å². The molecule has 6 rings (SSSR count). The van der Waals surface area contributed by atoms with Crippen LogP contribution in [0.15, 0.2) is 82.1 Å². The largest absolute Gasteiger partial charge is 0.497 e. The van der Waals surface area contributed by atoms with Gasteiger partial charge in [0.1, 0.15) is 5.75 Å². The van der Waals surface area contributed by atoms with Gasteiger partial charge >= 0.3 is 0 Å². The lowest BCUT2D eigenvalue weighted by molar-refractivity contribution is 0.354. The number of allylic oxidation sites excluding steroid dienone is 1. The normalized spacial score (nSPS) is 16.4. The molecule has 3 aromatic carbocycles. The Morgan fingerprint density at radius 1 is 0.919 bits per heavy atom. The Bertz CT molecular complexity index is 1730. The predicted molar refractivity (Wildman–Crippen MR) is 145 cm³/mol. The SMILES string of the molecule is COc1cccc(/C=c2\sc3n(c2=O)[C@H](c2ccc(OC)c(OC)c2)C2=C(N=3)c3ccccc3CC2)c1. The Labute approximate surface area is 218 Å². The number of hydrogen-bond acceptors (Lipinski definition) is 6. The van der Waals surface area contributed by atoms with Crippen molar-refractivity contribution in [2.24, 2.45) is 4.99 Å². The van der Waals surface area contributed by atoms with E-state index >= 15 is 0 Å². The molecule has 186 valence electrons. The van der Waals surface area contributed by atoms with Gasteiger partial charge < -0.3 is 14.2 Å². The zero-order chi connectivity index (χ0) is 25.5. The van der Waals surface area contributed by atoms with E-state index in [4.69, 9.17) is 19.2 Å². The molecule has 0 spiro atoms. The lowest BCUT2D eigenvalue weighted by atomic mass is 9.83. The molecule has 4 aromatic rings. The molecule has 1 aromatic heterocycles. The quantitative estimate of drug-likeness (QED) is 0.401. The third-order valence-corrected chi connectivity index (χ3v) is 7.97. The molecule has 2 heterocycles.